The van der Waals surface area contributed by atoms with Crippen LogP contribution in [0, 0.1) is 0 Å². The Morgan fingerprint density at radius 2 is 1.45 bits per heavy atom. The zero-order valence-electron chi connectivity index (χ0n) is 14.9. The van der Waals surface area contributed by atoms with Crippen molar-refractivity contribution < 1.29 is 13.7 Å². The van der Waals surface area contributed by atoms with Crippen LogP contribution in [-0.2, 0) is 13.7 Å². The molecule has 0 N–H and O–H groups in total. The molecule has 20 heavy (non-hydrogen) atoms. The average molecular weight is 298 g/mol. The molecule has 0 bridgehead atoms. The van der Waals surface area contributed by atoms with E-state index in [-0.39, 0.29) is 23.4 Å². The van der Waals surface area contributed by atoms with Gasteiger partial charge in [0.15, 0.2) is 0 Å². The van der Waals surface area contributed by atoms with Gasteiger partial charge >= 0.3 is 7.12 Å². The minimum absolute atomic E-state index is 0.194. The minimum Gasteiger partial charge on any atom is -0.550 e. The van der Waals surface area contributed by atoms with Crippen molar-refractivity contribution >= 4 is 15.4 Å². The summed E-state index contributed by atoms with van der Waals surface area (Å²) in [6, 6.07) is 0. The van der Waals surface area contributed by atoms with E-state index < -0.39 is 8.32 Å². The predicted molar refractivity (Wildman–Crippen MR) is 88.1 cm³/mol. The first kappa shape index (κ1) is 17.8. The van der Waals surface area contributed by atoms with Crippen LogP contribution in [0.1, 0.15) is 55.4 Å². The molecule has 0 atom stereocenters. The second kappa shape index (κ2) is 5.18. The van der Waals surface area contributed by atoms with Crippen LogP contribution in [0.2, 0.25) is 18.1 Å². The quantitative estimate of drug-likeness (QED) is 0.565. The molecule has 1 fully saturated rings. The van der Waals surface area contributed by atoms with Gasteiger partial charge in [0.25, 0.3) is 0 Å². The van der Waals surface area contributed by atoms with Crippen molar-refractivity contribution in [3.8, 4) is 0 Å². The number of hydrogen-bond donors (Lipinski definition) is 0. The third-order valence-electron chi connectivity index (χ3n) is 4.97. The zero-order valence-corrected chi connectivity index (χ0v) is 15.9. The van der Waals surface area contributed by atoms with Gasteiger partial charge in [0.2, 0.25) is 8.32 Å². The SMILES string of the molecule is C/C(=C\O[Si](C)(C)C(C)(C)C)B1OC(C)(C)C(C)(C)O1. The van der Waals surface area contributed by atoms with E-state index in [0.29, 0.717) is 0 Å². The van der Waals surface area contributed by atoms with Crippen LogP contribution < -0.4 is 0 Å². The maximum Gasteiger partial charge on any atom is 0.493 e. The van der Waals surface area contributed by atoms with E-state index in [1.54, 1.807) is 0 Å². The van der Waals surface area contributed by atoms with Crippen LogP contribution in [0.15, 0.2) is 11.7 Å². The van der Waals surface area contributed by atoms with Crippen molar-refractivity contribution in [2.24, 2.45) is 0 Å². The Morgan fingerprint density at radius 3 is 1.80 bits per heavy atom. The molecule has 0 spiro atoms. The highest BCUT2D eigenvalue weighted by Crippen LogP contribution is 2.39. The first-order chi connectivity index (χ1) is 8.70. The van der Waals surface area contributed by atoms with Crippen LogP contribution >= 0.6 is 0 Å². The summed E-state index contributed by atoms with van der Waals surface area (Å²) in [5.41, 5.74) is 0.390. The van der Waals surface area contributed by atoms with Gasteiger partial charge in [0.1, 0.15) is 0 Å². The molecule has 1 aliphatic heterocycles. The van der Waals surface area contributed by atoms with E-state index in [1.807, 2.05) is 13.2 Å². The molecule has 1 aliphatic rings. The summed E-state index contributed by atoms with van der Waals surface area (Å²) >= 11 is 0. The molecule has 0 amide bonds. The molecule has 0 unspecified atom stereocenters. The van der Waals surface area contributed by atoms with Gasteiger partial charge < -0.3 is 13.7 Å². The third kappa shape index (κ3) is 3.49. The summed E-state index contributed by atoms with van der Waals surface area (Å²) in [6.45, 7) is 21.4. The second-order valence-corrected chi connectivity index (χ2v) is 13.1. The van der Waals surface area contributed by atoms with Gasteiger partial charge in [-0.15, -0.1) is 0 Å². The van der Waals surface area contributed by atoms with Crippen LogP contribution in [0.3, 0.4) is 0 Å². The fraction of sp³-hybridized carbons (Fsp3) is 0.867. The minimum atomic E-state index is -1.78. The van der Waals surface area contributed by atoms with Crippen LogP contribution in [0.4, 0.5) is 0 Å². The van der Waals surface area contributed by atoms with Crippen molar-refractivity contribution in [3.63, 3.8) is 0 Å². The molecule has 0 aromatic heterocycles. The molecular formula is C15H31BO3Si. The summed E-state index contributed by atoms with van der Waals surface area (Å²) in [6.07, 6.45) is 1.85. The molecule has 5 heteroatoms. The van der Waals surface area contributed by atoms with Crippen LogP contribution in [0.5, 0.6) is 0 Å². The van der Waals surface area contributed by atoms with Gasteiger partial charge in [-0.25, -0.2) is 0 Å². The number of rotatable bonds is 3. The number of hydrogen-bond acceptors (Lipinski definition) is 3. The third-order valence-corrected chi connectivity index (χ3v) is 9.29. The second-order valence-electron chi connectivity index (χ2n) is 8.33. The molecule has 1 heterocycles. The normalized spacial score (nSPS) is 23.1. The molecule has 3 nitrogen and oxygen atoms in total. The van der Waals surface area contributed by atoms with E-state index in [2.05, 4.69) is 61.6 Å². The Morgan fingerprint density at radius 1 is 1.05 bits per heavy atom. The largest absolute Gasteiger partial charge is 0.550 e. The van der Waals surface area contributed by atoms with Gasteiger partial charge in [-0.2, -0.15) is 0 Å². The summed E-state index contributed by atoms with van der Waals surface area (Å²) in [5, 5.41) is 0.194. The molecule has 0 aromatic rings. The summed E-state index contributed by atoms with van der Waals surface area (Å²) in [5.74, 6) is 0. The standard InChI is InChI=1S/C15H31BO3Si/c1-12(11-17-20(9,10)13(2,3)4)16-18-14(5,6)15(7,8)19-16/h11H,1-10H3/b12-11+. The maximum absolute atomic E-state index is 6.12. The lowest BCUT2D eigenvalue weighted by molar-refractivity contribution is 0.00578. The van der Waals surface area contributed by atoms with E-state index in [9.17, 15) is 0 Å². The van der Waals surface area contributed by atoms with E-state index >= 15 is 0 Å². The smallest absolute Gasteiger partial charge is 0.493 e. The summed E-state index contributed by atoms with van der Waals surface area (Å²) < 4.78 is 18.2. The Kier molecular flexibility index (Phi) is 4.61. The summed E-state index contributed by atoms with van der Waals surface area (Å²) in [4.78, 5) is 0. The molecule has 0 saturated carbocycles. The lowest BCUT2D eigenvalue weighted by atomic mass is 9.80. The van der Waals surface area contributed by atoms with Crippen molar-refractivity contribution in [1.82, 2.24) is 0 Å². The highest BCUT2D eigenvalue weighted by atomic mass is 28.4. The van der Waals surface area contributed by atoms with Gasteiger partial charge in [0, 0.05) is 0 Å². The highest BCUT2D eigenvalue weighted by molar-refractivity contribution is 6.74. The predicted octanol–water partition coefficient (Wildman–Crippen LogP) is 4.54. The van der Waals surface area contributed by atoms with Gasteiger partial charge in [0.05, 0.1) is 17.5 Å². The van der Waals surface area contributed by atoms with Crippen molar-refractivity contribution in [2.45, 2.75) is 84.7 Å². The topological polar surface area (TPSA) is 27.7 Å². The average Bonchev–Trinajstić information content (AvgIpc) is 2.43. The van der Waals surface area contributed by atoms with Crippen molar-refractivity contribution in [2.75, 3.05) is 0 Å². The van der Waals surface area contributed by atoms with E-state index in [4.69, 9.17) is 13.7 Å². The zero-order chi connectivity index (χ0) is 16.0. The van der Waals surface area contributed by atoms with Crippen molar-refractivity contribution in [3.05, 3.63) is 11.7 Å². The molecule has 116 valence electrons. The lowest BCUT2D eigenvalue weighted by Crippen LogP contribution is -2.41. The Bertz CT molecular complexity index is 378. The molecular weight excluding hydrogens is 267 g/mol. The fourth-order valence-electron chi connectivity index (χ4n) is 1.50. The molecule has 0 aliphatic carbocycles. The fourth-order valence-corrected chi connectivity index (χ4v) is 2.34. The lowest BCUT2D eigenvalue weighted by Gasteiger charge is -2.35. The Labute approximate surface area is 126 Å². The first-order valence-electron chi connectivity index (χ1n) is 7.40. The van der Waals surface area contributed by atoms with E-state index in [1.165, 1.54) is 0 Å². The van der Waals surface area contributed by atoms with Crippen LogP contribution in [0.25, 0.3) is 0 Å². The summed E-state index contributed by atoms with van der Waals surface area (Å²) in [7, 11) is -2.09. The molecule has 1 saturated heterocycles. The monoisotopic (exact) mass is 298 g/mol. The highest BCUT2D eigenvalue weighted by Gasteiger charge is 2.52. The van der Waals surface area contributed by atoms with E-state index in [0.717, 1.165) is 5.47 Å². The number of allylic oxidation sites excluding steroid dienone is 1. The Hall–Kier alpha value is -0.258. The molecule has 0 radical (unpaired) electrons. The van der Waals surface area contributed by atoms with Gasteiger partial charge in [-0.1, -0.05) is 20.8 Å². The van der Waals surface area contributed by atoms with Crippen molar-refractivity contribution in [1.29, 1.82) is 0 Å². The maximum atomic E-state index is 6.12. The molecule has 1 rings (SSSR count). The first-order valence-corrected chi connectivity index (χ1v) is 10.3. The Balaban J connectivity index is 2.78. The van der Waals surface area contributed by atoms with Gasteiger partial charge in [-0.05, 0) is 58.2 Å². The van der Waals surface area contributed by atoms with Gasteiger partial charge in [-0.3, -0.25) is 0 Å². The molecule has 0 aromatic carbocycles. The van der Waals surface area contributed by atoms with Crippen LogP contribution in [-0.4, -0.2) is 26.6 Å².